The molecule has 0 aliphatic heterocycles. The van der Waals surface area contributed by atoms with Crippen LogP contribution in [0.15, 0.2) is 18.2 Å². The summed E-state index contributed by atoms with van der Waals surface area (Å²) in [7, 11) is 1.27. The predicted molar refractivity (Wildman–Crippen MR) is 89.7 cm³/mol. The topological polar surface area (TPSA) is 67.4 Å². The van der Waals surface area contributed by atoms with Crippen LogP contribution in [-0.2, 0) is 14.3 Å². The highest BCUT2D eigenvalue weighted by atomic mass is 19.1. The molecular formula is C17H23FN2O3. The second kappa shape index (κ2) is 8.92. The van der Waals surface area contributed by atoms with E-state index in [-0.39, 0.29) is 11.6 Å². The standard InChI is InChI=1S/C17H23FN2O3/c1-5-11(2)10-19-15-9-13(6-7-16(22)23-4)8-14(18)17(15)20-12(3)21/h6-9,11,19H,5,10H2,1-4H3,(H,20,21)/b7-6+/t11-/m0/s1. The Morgan fingerprint density at radius 1 is 1.39 bits per heavy atom. The molecule has 2 N–H and O–H groups in total. The van der Waals surface area contributed by atoms with Gasteiger partial charge < -0.3 is 15.4 Å². The van der Waals surface area contributed by atoms with Crippen LogP contribution < -0.4 is 10.6 Å². The highest BCUT2D eigenvalue weighted by Gasteiger charge is 2.12. The van der Waals surface area contributed by atoms with Gasteiger partial charge in [-0.05, 0) is 29.7 Å². The summed E-state index contributed by atoms with van der Waals surface area (Å²) in [5.41, 5.74) is 1.08. The second-order valence-electron chi connectivity index (χ2n) is 5.36. The Labute approximate surface area is 135 Å². The molecule has 6 heteroatoms. The molecule has 0 aliphatic carbocycles. The van der Waals surface area contributed by atoms with Crippen molar-refractivity contribution < 1.29 is 18.7 Å². The van der Waals surface area contributed by atoms with Crippen molar-refractivity contribution in [3.05, 3.63) is 29.6 Å². The third-order valence-electron chi connectivity index (χ3n) is 3.36. The average molecular weight is 322 g/mol. The molecule has 0 unspecified atom stereocenters. The fourth-order valence-corrected chi connectivity index (χ4v) is 1.83. The lowest BCUT2D eigenvalue weighted by Gasteiger charge is -2.16. The minimum atomic E-state index is -0.570. The summed E-state index contributed by atoms with van der Waals surface area (Å²) in [6.45, 7) is 6.11. The van der Waals surface area contributed by atoms with E-state index in [2.05, 4.69) is 29.2 Å². The van der Waals surface area contributed by atoms with Crippen molar-refractivity contribution in [3.8, 4) is 0 Å². The fourth-order valence-electron chi connectivity index (χ4n) is 1.83. The number of rotatable bonds is 7. The Morgan fingerprint density at radius 2 is 2.09 bits per heavy atom. The molecule has 1 amide bonds. The van der Waals surface area contributed by atoms with Crippen LogP contribution in [0.1, 0.15) is 32.8 Å². The summed E-state index contributed by atoms with van der Waals surface area (Å²) in [5.74, 6) is -1.05. The SMILES string of the molecule is CC[C@H](C)CNc1cc(/C=C/C(=O)OC)cc(F)c1NC(C)=O. The minimum Gasteiger partial charge on any atom is -0.466 e. The van der Waals surface area contributed by atoms with Crippen molar-refractivity contribution >= 4 is 29.3 Å². The fraction of sp³-hybridized carbons (Fsp3) is 0.412. The van der Waals surface area contributed by atoms with Crippen molar-refractivity contribution in [1.29, 1.82) is 0 Å². The van der Waals surface area contributed by atoms with Gasteiger partial charge in [0.2, 0.25) is 5.91 Å². The predicted octanol–water partition coefficient (Wildman–Crippen LogP) is 3.43. The maximum Gasteiger partial charge on any atom is 0.330 e. The second-order valence-corrected chi connectivity index (χ2v) is 5.36. The van der Waals surface area contributed by atoms with E-state index < -0.39 is 11.8 Å². The number of anilines is 2. The lowest BCUT2D eigenvalue weighted by Crippen LogP contribution is -2.15. The molecule has 0 aliphatic rings. The van der Waals surface area contributed by atoms with Crippen LogP contribution in [0.25, 0.3) is 6.08 Å². The largest absolute Gasteiger partial charge is 0.466 e. The molecule has 0 radical (unpaired) electrons. The first-order chi connectivity index (χ1) is 10.9. The summed E-state index contributed by atoms with van der Waals surface area (Å²) in [6, 6.07) is 2.93. The first kappa shape index (κ1) is 18.7. The van der Waals surface area contributed by atoms with E-state index in [4.69, 9.17) is 0 Å². The summed E-state index contributed by atoms with van der Waals surface area (Å²) in [6.07, 6.45) is 3.65. The van der Waals surface area contributed by atoms with Gasteiger partial charge in [-0.15, -0.1) is 0 Å². The molecule has 0 spiro atoms. The third kappa shape index (κ3) is 6.10. The van der Waals surface area contributed by atoms with Gasteiger partial charge in [0.25, 0.3) is 0 Å². The zero-order valence-electron chi connectivity index (χ0n) is 13.9. The van der Waals surface area contributed by atoms with Gasteiger partial charge in [-0.2, -0.15) is 0 Å². The van der Waals surface area contributed by atoms with Crippen LogP contribution in [0.2, 0.25) is 0 Å². The molecule has 0 heterocycles. The Balaban J connectivity index is 3.12. The molecular weight excluding hydrogens is 299 g/mol. The van der Waals surface area contributed by atoms with E-state index >= 15 is 0 Å². The quantitative estimate of drug-likeness (QED) is 0.596. The number of esters is 1. The number of nitrogens with one attached hydrogen (secondary N) is 2. The van der Waals surface area contributed by atoms with Crippen LogP contribution in [0.3, 0.4) is 0 Å². The van der Waals surface area contributed by atoms with Crippen LogP contribution in [0.5, 0.6) is 0 Å². The van der Waals surface area contributed by atoms with E-state index in [9.17, 15) is 14.0 Å². The van der Waals surface area contributed by atoms with E-state index in [1.54, 1.807) is 6.07 Å². The first-order valence-corrected chi connectivity index (χ1v) is 7.48. The monoisotopic (exact) mass is 322 g/mol. The Kier molecular flexibility index (Phi) is 7.25. The van der Waals surface area contributed by atoms with Crippen LogP contribution >= 0.6 is 0 Å². The van der Waals surface area contributed by atoms with Gasteiger partial charge in [0.15, 0.2) is 0 Å². The molecule has 1 aromatic rings. The Bertz CT molecular complexity index is 600. The summed E-state index contributed by atoms with van der Waals surface area (Å²) >= 11 is 0. The molecule has 0 bridgehead atoms. The lowest BCUT2D eigenvalue weighted by atomic mass is 10.1. The van der Waals surface area contributed by atoms with E-state index in [1.165, 1.54) is 32.3 Å². The lowest BCUT2D eigenvalue weighted by molar-refractivity contribution is -0.134. The van der Waals surface area contributed by atoms with Gasteiger partial charge in [0, 0.05) is 19.5 Å². The van der Waals surface area contributed by atoms with Crippen LogP contribution in [0.4, 0.5) is 15.8 Å². The van der Waals surface area contributed by atoms with Gasteiger partial charge in [0.05, 0.1) is 12.8 Å². The molecule has 23 heavy (non-hydrogen) atoms. The van der Waals surface area contributed by atoms with Crippen molar-refractivity contribution in [1.82, 2.24) is 0 Å². The van der Waals surface area contributed by atoms with Crippen molar-refractivity contribution in [2.45, 2.75) is 27.2 Å². The highest BCUT2D eigenvalue weighted by molar-refractivity contribution is 5.94. The molecule has 0 aromatic heterocycles. The van der Waals surface area contributed by atoms with Gasteiger partial charge in [-0.3, -0.25) is 4.79 Å². The smallest absolute Gasteiger partial charge is 0.330 e. The Morgan fingerprint density at radius 3 is 2.65 bits per heavy atom. The van der Waals surface area contributed by atoms with E-state index in [0.29, 0.717) is 23.7 Å². The van der Waals surface area contributed by atoms with Crippen LogP contribution in [-0.4, -0.2) is 25.5 Å². The van der Waals surface area contributed by atoms with E-state index in [1.807, 2.05) is 0 Å². The number of carbonyl (C=O) groups excluding carboxylic acids is 2. The summed E-state index contributed by atoms with van der Waals surface area (Å²) < 4.78 is 18.8. The van der Waals surface area contributed by atoms with Gasteiger partial charge >= 0.3 is 5.97 Å². The number of carbonyl (C=O) groups is 2. The number of methoxy groups -OCH3 is 1. The zero-order valence-corrected chi connectivity index (χ0v) is 13.9. The number of amides is 1. The van der Waals surface area contributed by atoms with Gasteiger partial charge in [0.1, 0.15) is 11.5 Å². The summed E-state index contributed by atoms with van der Waals surface area (Å²) in [4.78, 5) is 22.4. The zero-order chi connectivity index (χ0) is 17.4. The number of ether oxygens (including phenoxy) is 1. The number of halogens is 1. The molecule has 0 saturated heterocycles. The molecule has 126 valence electrons. The number of hydrogen-bond acceptors (Lipinski definition) is 4. The summed E-state index contributed by atoms with van der Waals surface area (Å²) in [5, 5.41) is 5.64. The van der Waals surface area contributed by atoms with Gasteiger partial charge in [-0.25, -0.2) is 9.18 Å². The first-order valence-electron chi connectivity index (χ1n) is 7.48. The number of hydrogen-bond donors (Lipinski definition) is 2. The molecule has 1 rings (SSSR count). The van der Waals surface area contributed by atoms with Gasteiger partial charge in [-0.1, -0.05) is 20.3 Å². The average Bonchev–Trinajstić information content (AvgIpc) is 2.52. The van der Waals surface area contributed by atoms with E-state index in [0.717, 1.165) is 6.42 Å². The van der Waals surface area contributed by atoms with Crippen molar-refractivity contribution in [2.24, 2.45) is 5.92 Å². The molecule has 5 nitrogen and oxygen atoms in total. The normalized spacial score (nSPS) is 12.0. The minimum absolute atomic E-state index is 0.107. The molecule has 1 aromatic carbocycles. The third-order valence-corrected chi connectivity index (χ3v) is 3.36. The maximum atomic E-state index is 14.3. The maximum absolute atomic E-state index is 14.3. The van der Waals surface area contributed by atoms with Crippen LogP contribution in [0, 0.1) is 11.7 Å². The van der Waals surface area contributed by atoms with Crippen molar-refractivity contribution in [3.63, 3.8) is 0 Å². The Hall–Kier alpha value is -2.37. The molecule has 0 saturated carbocycles. The van der Waals surface area contributed by atoms with Crippen molar-refractivity contribution in [2.75, 3.05) is 24.3 Å². The highest BCUT2D eigenvalue weighted by Crippen LogP contribution is 2.28. The number of benzene rings is 1. The molecule has 1 atom stereocenters. The molecule has 0 fully saturated rings.